The number of hydrogen-bond acceptors (Lipinski definition) is 6. The Bertz CT molecular complexity index is 2090. The number of carbonyl (C=O) groups excluding carboxylic acids is 1. The van der Waals surface area contributed by atoms with E-state index < -0.39 is 35.1 Å². The number of alkyl halides is 3. The van der Waals surface area contributed by atoms with E-state index in [1.807, 2.05) is 24.3 Å². The summed E-state index contributed by atoms with van der Waals surface area (Å²) in [7, 11) is 0. The van der Waals surface area contributed by atoms with Gasteiger partial charge in [-0.2, -0.15) is 23.5 Å². The SMILES string of the molecule is Cc1c(-c2ccnn2-c2ccc(C#N)cc2)c(=O)n(C2CN(C(=O)OCc3ccccc3)C2)c(=O)n1-c1cccc(C(F)(F)F)c1. The third-order valence-electron chi connectivity index (χ3n) is 7.79. The number of aromatic nitrogens is 4. The maximum Gasteiger partial charge on any atom is 0.416 e. The summed E-state index contributed by atoms with van der Waals surface area (Å²) in [5.41, 5.74) is -0.480. The first-order chi connectivity index (χ1) is 22.1. The first-order valence-electron chi connectivity index (χ1n) is 14.1. The second-order valence-electron chi connectivity index (χ2n) is 10.7. The first kappa shape index (κ1) is 30.1. The zero-order chi connectivity index (χ0) is 32.6. The van der Waals surface area contributed by atoms with Gasteiger partial charge in [0.15, 0.2) is 0 Å². The van der Waals surface area contributed by atoms with Gasteiger partial charge in [0.1, 0.15) is 6.61 Å². The zero-order valence-electron chi connectivity index (χ0n) is 24.3. The van der Waals surface area contributed by atoms with Gasteiger partial charge in [0.2, 0.25) is 0 Å². The standard InChI is InChI=1S/C33H25F3N6O4/c1-21-29(28-14-15-38-42(28)25-12-10-22(17-37)11-13-25)30(43)41(31(44)40(21)26-9-5-8-24(16-26)33(34,35)36)27-18-39(19-27)32(45)46-20-23-6-3-2-4-7-23/h2-16,27H,18-20H2,1H3. The summed E-state index contributed by atoms with van der Waals surface area (Å²) in [6, 6.07) is 22.6. The van der Waals surface area contributed by atoms with Crippen LogP contribution in [-0.4, -0.2) is 43.0 Å². The lowest BCUT2D eigenvalue weighted by molar-refractivity contribution is -0.137. The molecule has 0 aliphatic carbocycles. The molecule has 0 saturated carbocycles. The molecule has 0 unspecified atom stereocenters. The van der Waals surface area contributed by atoms with E-state index in [1.165, 1.54) is 34.8 Å². The molecule has 0 bridgehead atoms. The van der Waals surface area contributed by atoms with E-state index in [4.69, 9.17) is 4.74 Å². The number of rotatable bonds is 6. The van der Waals surface area contributed by atoms with Crippen molar-refractivity contribution >= 4 is 6.09 Å². The van der Waals surface area contributed by atoms with E-state index in [0.29, 0.717) is 11.3 Å². The molecular weight excluding hydrogens is 601 g/mol. The molecule has 1 fully saturated rings. The topological polar surface area (TPSA) is 115 Å². The zero-order valence-corrected chi connectivity index (χ0v) is 24.3. The van der Waals surface area contributed by atoms with E-state index in [1.54, 1.807) is 42.5 Å². The summed E-state index contributed by atoms with van der Waals surface area (Å²) in [5.74, 6) is 0. The van der Waals surface area contributed by atoms with Crippen LogP contribution in [0, 0.1) is 18.3 Å². The molecule has 0 N–H and O–H groups in total. The molecule has 1 amide bonds. The van der Waals surface area contributed by atoms with E-state index in [9.17, 15) is 32.8 Å². The van der Waals surface area contributed by atoms with Crippen molar-refractivity contribution in [1.82, 2.24) is 23.8 Å². The van der Waals surface area contributed by atoms with Gasteiger partial charge < -0.3 is 9.64 Å². The third kappa shape index (κ3) is 5.56. The third-order valence-corrected chi connectivity index (χ3v) is 7.79. The highest BCUT2D eigenvalue weighted by atomic mass is 19.4. The van der Waals surface area contributed by atoms with Crippen LogP contribution in [0.3, 0.4) is 0 Å². The highest BCUT2D eigenvalue weighted by Gasteiger charge is 2.37. The lowest BCUT2D eigenvalue weighted by Gasteiger charge is -2.39. The molecule has 10 nitrogen and oxygen atoms in total. The maximum atomic E-state index is 14.2. The van der Waals surface area contributed by atoms with Crippen LogP contribution in [0.15, 0.2) is 101 Å². The van der Waals surface area contributed by atoms with Crippen LogP contribution < -0.4 is 11.2 Å². The smallest absolute Gasteiger partial charge is 0.416 e. The van der Waals surface area contributed by atoms with Crippen molar-refractivity contribution in [3.63, 3.8) is 0 Å². The van der Waals surface area contributed by atoms with Crippen molar-refractivity contribution < 1.29 is 22.7 Å². The molecule has 2 aromatic heterocycles. The molecule has 13 heteroatoms. The van der Waals surface area contributed by atoms with Crippen LogP contribution >= 0.6 is 0 Å². The molecule has 3 aromatic carbocycles. The summed E-state index contributed by atoms with van der Waals surface area (Å²) in [4.78, 5) is 42.2. The highest BCUT2D eigenvalue weighted by Crippen LogP contribution is 2.31. The van der Waals surface area contributed by atoms with Crippen molar-refractivity contribution in [3.05, 3.63) is 134 Å². The Balaban J connectivity index is 1.43. The second kappa shape index (κ2) is 11.9. The van der Waals surface area contributed by atoms with E-state index >= 15 is 0 Å². The average Bonchev–Trinajstić information content (AvgIpc) is 3.50. The number of hydrogen-bond donors (Lipinski definition) is 0. The molecule has 46 heavy (non-hydrogen) atoms. The maximum absolute atomic E-state index is 14.2. The van der Waals surface area contributed by atoms with E-state index in [2.05, 4.69) is 5.10 Å². The number of carbonyl (C=O) groups is 1. The van der Waals surface area contributed by atoms with Gasteiger partial charge in [-0.25, -0.2) is 14.3 Å². The Labute approximate surface area is 259 Å². The Morgan fingerprint density at radius 1 is 0.978 bits per heavy atom. The summed E-state index contributed by atoms with van der Waals surface area (Å²) >= 11 is 0. The molecule has 5 aromatic rings. The Morgan fingerprint density at radius 3 is 2.37 bits per heavy atom. The number of likely N-dealkylation sites (tertiary alicyclic amines) is 1. The number of benzene rings is 3. The number of nitriles is 1. The molecule has 0 spiro atoms. The van der Waals surface area contributed by atoms with Crippen LogP contribution in [0.5, 0.6) is 0 Å². The van der Waals surface area contributed by atoms with Crippen molar-refractivity contribution in [1.29, 1.82) is 5.26 Å². The lowest BCUT2D eigenvalue weighted by Crippen LogP contribution is -2.57. The molecule has 1 saturated heterocycles. The fourth-order valence-corrected chi connectivity index (χ4v) is 5.42. The van der Waals surface area contributed by atoms with Crippen molar-refractivity contribution in [2.24, 2.45) is 0 Å². The Hall–Kier alpha value is -5.90. The number of nitrogens with zero attached hydrogens (tertiary/aromatic N) is 6. The second-order valence-corrected chi connectivity index (χ2v) is 10.7. The molecule has 0 radical (unpaired) electrons. The van der Waals surface area contributed by atoms with Crippen LogP contribution in [0.2, 0.25) is 0 Å². The quantitative estimate of drug-likeness (QED) is 0.255. The van der Waals surface area contributed by atoms with Crippen molar-refractivity contribution in [3.8, 4) is 28.7 Å². The Kier molecular flexibility index (Phi) is 7.79. The predicted octanol–water partition coefficient (Wildman–Crippen LogP) is 5.24. The average molecular weight is 627 g/mol. The minimum Gasteiger partial charge on any atom is -0.445 e. The van der Waals surface area contributed by atoms with Gasteiger partial charge in [0.25, 0.3) is 5.56 Å². The molecule has 3 heterocycles. The normalized spacial score (nSPS) is 13.2. The van der Waals surface area contributed by atoms with Gasteiger partial charge in [-0.3, -0.25) is 13.9 Å². The van der Waals surface area contributed by atoms with E-state index in [-0.39, 0.29) is 42.3 Å². The van der Waals surface area contributed by atoms with Crippen molar-refractivity contribution in [2.45, 2.75) is 25.7 Å². The van der Waals surface area contributed by atoms with Gasteiger partial charge in [-0.1, -0.05) is 36.4 Å². The van der Waals surface area contributed by atoms with Gasteiger partial charge >= 0.3 is 18.0 Å². The monoisotopic (exact) mass is 626 g/mol. The van der Waals surface area contributed by atoms with Crippen LogP contribution in [0.4, 0.5) is 18.0 Å². The van der Waals surface area contributed by atoms with Crippen LogP contribution in [0.1, 0.15) is 28.4 Å². The molecular formula is C33H25F3N6O4. The summed E-state index contributed by atoms with van der Waals surface area (Å²) in [5, 5.41) is 13.5. The van der Waals surface area contributed by atoms with Gasteiger partial charge in [0.05, 0.1) is 52.1 Å². The lowest BCUT2D eigenvalue weighted by atomic mass is 10.1. The molecule has 1 aliphatic heterocycles. The summed E-state index contributed by atoms with van der Waals surface area (Å²) in [6.45, 7) is 1.47. The van der Waals surface area contributed by atoms with Gasteiger partial charge in [0, 0.05) is 18.8 Å². The molecule has 0 atom stereocenters. The van der Waals surface area contributed by atoms with Gasteiger partial charge in [-0.15, -0.1) is 0 Å². The minimum atomic E-state index is -4.67. The van der Waals surface area contributed by atoms with Crippen LogP contribution in [-0.2, 0) is 17.5 Å². The number of halogens is 3. The number of amides is 1. The van der Waals surface area contributed by atoms with Crippen LogP contribution in [0.25, 0.3) is 22.6 Å². The fraction of sp³-hybridized carbons (Fsp3) is 0.182. The molecule has 232 valence electrons. The number of ether oxygens (including phenoxy) is 1. The Morgan fingerprint density at radius 2 is 1.70 bits per heavy atom. The van der Waals surface area contributed by atoms with E-state index in [0.717, 1.165) is 26.8 Å². The highest BCUT2D eigenvalue weighted by molar-refractivity contribution is 5.69. The molecule has 1 aliphatic rings. The predicted molar refractivity (Wildman–Crippen MR) is 161 cm³/mol. The largest absolute Gasteiger partial charge is 0.445 e. The van der Waals surface area contributed by atoms with Gasteiger partial charge in [-0.05, 0) is 61.0 Å². The van der Waals surface area contributed by atoms with Crippen molar-refractivity contribution in [2.75, 3.05) is 13.1 Å². The fourth-order valence-electron chi connectivity index (χ4n) is 5.42. The minimum absolute atomic E-state index is 0.0251. The first-order valence-corrected chi connectivity index (χ1v) is 14.1. The summed E-state index contributed by atoms with van der Waals surface area (Å²) < 4.78 is 49.9. The molecule has 6 rings (SSSR count). The summed E-state index contributed by atoms with van der Waals surface area (Å²) in [6.07, 6.45) is -3.85.